The van der Waals surface area contributed by atoms with Crippen molar-refractivity contribution in [3.63, 3.8) is 0 Å². The van der Waals surface area contributed by atoms with E-state index in [1.807, 2.05) is 0 Å². The first-order valence-electron chi connectivity index (χ1n) is 9.52. The van der Waals surface area contributed by atoms with Gasteiger partial charge in [-0.3, -0.25) is 4.79 Å². The van der Waals surface area contributed by atoms with Crippen LogP contribution in [0.25, 0.3) is 0 Å². The zero-order valence-corrected chi connectivity index (χ0v) is 17.3. The summed E-state index contributed by atoms with van der Waals surface area (Å²) in [5.74, 6) is 0.705. The zero-order valence-electron chi connectivity index (χ0n) is 16.6. The molecule has 30 heavy (non-hydrogen) atoms. The van der Waals surface area contributed by atoms with Crippen molar-refractivity contribution in [2.75, 3.05) is 29.9 Å². The maximum absolute atomic E-state index is 12.9. The number of anilines is 2. The minimum atomic E-state index is -4.62. The molecule has 3 rings (SSSR count). The van der Waals surface area contributed by atoms with Crippen LogP contribution in [0.15, 0.2) is 24.3 Å². The second-order valence-electron chi connectivity index (χ2n) is 7.37. The monoisotopic (exact) mass is 442 g/mol. The number of aryl methyl sites for hydroxylation is 1. The first-order valence-corrected chi connectivity index (χ1v) is 9.89. The van der Waals surface area contributed by atoms with E-state index >= 15 is 0 Å². The van der Waals surface area contributed by atoms with Crippen LogP contribution in [0.3, 0.4) is 0 Å². The highest BCUT2D eigenvalue weighted by atomic mass is 35.5. The van der Waals surface area contributed by atoms with Gasteiger partial charge in [-0.2, -0.15) is 18.2 Å². The number of aromatic nitrogens is 2. The van der Waals surface area contributed by atoms with Gasteiger partial charge in [0.1, 0.15) is 0 Å². The van der Waals surface area contributed by atoms with Crippen LogP contribution in [0, 0.1) is 12.8 Å². The third-order valence-corrected chi connectivity index (χ3v) is 5.00. The number of carbonyl (C=O) groups is 1. The van der Waals surface area contributed by atoms with Gasteiger partial charge in [0.25, 0.3) is 5.91 Å². The van der Waals surface area contributed by atoms with E-state index in [4.69, 9.17) is 16.3 Å². The molecule has 1 atom stereocenters. The summed E-state index contributed by atoms with van der Waals surface area (Å²) in [5.41, 5.74) is -0.349. The van der Waals surface area contributed by atoms with Crippen molar-refractivity contribution in [2.45, 2.75) is 32.9 Å². The molecule has 1 aliphatic heterocycles. The Hall–Kier alpha value is -2.55. The van der Waals surface area contributed by atoms with E-state index in [2.05, 4.69) is 27.1 Å². The predicted molar refractivity (Wildman–Crippen MR) is 108 cm³/mol. The van der Waals surface area contributed by atoms with Gasteiger partial charge < -0.3 is 15.0 Å². The van der Waals surface area contributed by atoms with Crippen LogP contribution in [0.1, 0.15) is 31.0 Å². The van der Waals surface area contributed by atoms with Gasteiger partial charge in [0, 0.05) is 30.5 Å². The van der Waals surface area contributed by atoms with Gasteiger partial charge in [-0.1, -0.05) is 18.5 Å². The van der Waals surface area contributed by atoms with Crippen LogP contribution in [0.5, 0.6) is 5.88 Å². The molecule has 1 aliphatic rings. The number of rotatable bonds is 5. The fraction of sp³-hybridized carbons (Fsp3) is 0.450. The lowest BCUT2D eigenvalue weighted by molar-refractivity contribution is -0.137. The van der Waals surface area contributed by atoms with Crippen LogP contribution in [-0.2, 0) is 11.0 Å². The molecule has 0 saturated carbocycles. The van der Waals surface area contributed by atoms with Gasteiger partial charge in [-0.25, -0.2) is 4.98 Å². The molecule has 0 radical (unpaired) electrons. The molecule has 162 valence electrons. The molecule has 1 aromatic heterocycles. The van der Waals surface area contributed by atoms with Crippen molar-refractivity contribution in [3.05, 3.63) is 40.5 Å². The molecule has 0 unspecified atom stereocenters. The molecule has 2 heterocycles. The average molecular weight is 443 g/mol. The molecule has 0 spiro atoms. The highest BCUT2D eigenvalue weighted by Gasteiger charge is 2.33. The SMILES string of the molecule is Cc1cc(OCC(=O)Nc2ccc(Cl)c(C(F)(F)F)c2)nc(N2CCC[C@@H](C)C2)n1. The second kappa shape index (κ2) is 9.07. The fourth-order valence-electron chi connectivity index (χ4n) is 3.27. The Kier molecular flexibility index (Phi) is 6.70. The predicted octanol–water partition coefficient (Wildman–Crippen LogP) is 4.71. The average Bonchev–Trinajstić information content (AvgIpc) is 2.66. The number of nitrogens with one attached hydrogen (secondary N) is 1. The number of hydrogen-bond donors (Lipinski definition) is 1. The molecule has 1 fully saturated rings. The highest BCUT2D eigenvalue weighted by molar-refractivity contribution is 6.31. The molecule has 1 N–H and O–H groups in total. The van der Waals surface area contributed by atoms with Gasteiger partial charge in [0.15, 0.2) is 6.61 Å². The lowest BCUT2D eigenvalue weighted by atomic mass is 10.0. The van der Waals surface area contributed by atoms with Crippen LogP contribution in [-0.4, -0.2) is 35.6 Å². The Labute approximate surface area is 177 Å². The van der Waals surface area contributed by atoms with Crippen LogP contribution in [0.4, 0.5) is 24.8 Å². The number of benzene rings is 1. The number of halogens is 4. The number of alkyl halides is 3. The lowest BCUT2D eigenvalue weighted by Crippen LogP contribution is -2.35. The molecular weight excluding hydrogens is 421 g/mol. The molecule has 1 saturated heterocycles. The highest BCUT2D eigenvalue weighted by Crippen LogP contribution is 2.36. The minimum absolute atomic E-state index is 0.0258. The topological polar surface area (TPSA) is 67.3 Å². The molecule has 0 bridgehead atoms. The van der Waals surface area contributed by atoms with E-state index in [1.165, 1.54) is 6.07 Å². The molecule has 6 nitrogen and oxygen atoms in total. The summed E-state index contributed by atoms with van der Waals surface area (Å²) in [6.07, 6.45) is -2.40. The molecule has 1 amide bonds. The fourth-order valence-corrected chi connectivity index (χ4v) is 3.49. The maximum Gasteiger partial charge on any atom is 0.417 e. The number of hydrogen-bond acceptors (Lipinski definition) is 5. The molecule has 1 aromatic carbocycles. The summed E-state index contributed by atoms with van der Waals surface area (Å²) in [6, 6.07) is 4.76. The third-order valence-electron chi connectivity index (χ3n) is 4.67. The Morgan fingerprint density at radius 2 is 2.10 bits per heavy atom. The third kappa shape index (κ3) is 5.75. The number of nitrogens with zero attached hydrogens (tertiary/aromatic N) is 3. The van der Waals surface area contributed by atoms with Gasteiger partial charge in [-0.05, 0) is 43.9 Å². The normalized spacial score (nSPS) is 17.0. The largest absolute Gasteiger partial charge is 0.467 e. The van der Waals surface area contributed by atoms with Crippen molar-refractivity contribution < 1.29 is 22.7 Å². The summed E-state index contributed by atoms with van der Waals surface area (Å²) in [7, 11) is 0. The van der Waals surface area contributed by atoms with Crippen molar-refractivity contribution in [1.29, 1.82) is 0 Å². The maximum atomic E-state index is 12.9. The molecular formula is C20H22ClF3N4O2. The second-order valence-corrected chi connectivity index (χ2v) is 7.78. The van der Waals surface area contributed by atoms with E-state index in [-0.39, 0.29) is 11.6 Å². The van der Waals surface area contributed by atoms with E-state index in [0.29, 0.717) is 17.6 Å². The van der Waals surface area contributed by atoms with Crippen LogP contribution in [0.2, 0.25) is 5.02 Å². The molecule has 0 aliphatic carbocycles. The van der Waals surface area contributed by atoms with E-state index < -0.39 is 29.3 Å². The number of amides is 1. The van der Waals surface area contributed by atoms with Crippen molar-refractivity contribution >= 4 is 29.1 Å². The first kappa shape index (κ1) is 22.1. The Balaban J connectivity index is 1.64. The summed E-state index contributed by atoms with van der Waals surface area (Å²) >= 11 is 5.59. The Bertz CT molecular complexity index is 923. The smallest absolute Gasteiger partial charge is 0.417 e. The van der Waals surface area contributed by atoms with Crippen LogP contribution >= 0.6 is 11.6 Å². The Morgan fingerprint density at radius 1 is 1.33 bits per heavy atom. The van der Waals surface area contributed by atoms with Crippen molar-refractivity contribution in [2.24, 2.45) is 5.92 Å². The summed E-state index contributed by atoms with van der Waals surface area (Å²) in [5, 5.41) is 1.94. The van der Waals surface area contributed by atoms with Crippen molar-refractivity contribution in [3.8, 4) is 5.88 Å². The van der Waals surface area contributed by atoms with Gasteiger partial charge in [0.05, 0.1) is 10.6 Å². The zero-order chi connectivity index (χ0) is 21.9. The number of ether oxygens (including phenoxy) is 1. The standard InChI is InChI=1S/C20H22ClF3N4O2/c1-12-4-3-7-28(10-12)19-25-13(2)8-18(27-19)30-11-17(29)26-14-5-6-16(21)15(9-14)20(22,23)24/h5-6,8-9,12H,3-4,7,10-11H2,1-2H3,(H,26,29)/t12-/m1/s1. The van der Waals surface area contributed by atoms with Crippen molar-refractivity contribution in [1.82, 2.24) is 9.97 Å². The van der Waals surface area contributed by atoms with E-state index in [1.54, 1.807) is 13.0 Å². The minimum Gasteiger partial charge on any atom is -0.467 e. The summed E-state index contributed by atoms with van der Waals surface area (Å²) < 4.78 is 44.3. The first-order chi connectivity index (χ1) is 14.1. The van der Waals surface area contributed by atoms with E-state index in [9.17, 15) is 18.0 Å². The van der Waals surface area contributed by atoms with E-state index in [0.717, 1.165) is 38.1 Å². The van der Waals surface area contributed by atoms with Crippen LogP contribution < -0.4 is 15.0 Å². The quantitative estimate of drug-likeness (QED) is 0.726. The van der Waals surface area contributed by atoms with Gasteiger partial charge in [0.2, 0.25) is 11.8 Å². The number of carbonyl (C=O) groups excluding carboxylic acids is 1. The summed E-state index contributed by atoms with van der Waals surface area (Å²) in [4.78, 5) is 23.0. The number of piperidine rings is 1. The molecule has 2 aromatic rings. The lowest BCUT2D eigenvalue weighted by Gasteiger charge is -2.31. The molecule has 10 heteroatoms. The van der Waals surface area contributed by atoms with Gasteiger partial charge >= 0.3 is 6.18 Å². The van der Waals surface area contributed by atoms with Gasteiger partial charge in [-0.15, -0.1) is 0 Å². The Morgan fingerprint density at radius 3 is 2.80 bits per heavy atom. The summed E-state index contributed by atoms with van der Waals surface area (Å²) in [6.45, 7) is 5.27.